The number of aliphatic hydroxyl groups is 1. The molecule has 3 rings (SSSR count). The van der Waals surface area contributed by atoms with Gasteiger partial charge in [0, 0.05) is 5.56 Å². The maximum Gasteiger partial charge on any atom is 0.143 e. The van der Waals surface area contributed by atoms with E-state index in [9.17, 15) is 5.11 Å². The molecule has 1 N–H and O–H groups in total. The molecule has 3 aromatic rings. The highest BCUT2D eigenvalue weighted by atomic mass is 16.5. The molecule has 1 aromatic heterocycles. The number of ether oxygens (including phenoxy) is 1. The Morgan fingerprint density at radius 2 is 1.71 bits per heavy atom. The van der Waals surface area contributed by atoms with Crippen molar-refractivity contribution in [3.05, 3.63) is 48.5 Å². The Bertz CT molecular complexity index is 768. The summed E-state index contributed by atoms with van der Waals surface area (Å²) in [5, 5.41) is 10.5. The minimum atomic E-state index is -1.04. The van der Waals surface area contributed by atoms with E-state index in [1.807, 2.05) is 53.1 Å². The maximum atomic E-state index is 10.5. The monoisotopic (exact) mass is 282 g/mol. The summed E-state index contributed by atoms with van der Waals surface area (Å²) in [5.41, 5.74) is 1.68. The molecule has 1 heterocycles. The van der Waals surface area contributed by atoms with Crippen molar-refractivity contribution in [1.29, 1.82) is 0 Å². The first-order chi connectivity index (χ1) is 10.0. The molecule has 0 spiro atoms. The molecule has 0 radical (unpaired) electrons. The fourth-order valence-corrected chi connectivity index (χ4v) is 2.51. The van der Waals surface area contributed by atoms with Gasteiger partial charge in [-0.2, -0.15) is 0 Å². The molecule has 0 unspecified atom stereocenters. The molecule has 0 amide bonds. The number of imidazole rings is 1. The molecule has 21 heavy (non-hydrogen) atoms. The number of hydrogen-bond donors (Lipinski definition) is 1. The van der Waals surface area contributed by atoms with Crippen molar-refractivity contribution < 1.29 is 9.84 Å². The van der Waals surface area contributed by atoms with Crippen LogP contribution in [0.2, 0.25) is 0 Å². The lowest BCUT2D eigenvalue weighted by atomic mass is 10.2. The van der Waals surface area contributed by atoms with E-state index in [1.54, 1.807) is 21.0 Å². The Hall–Kier alpha value is -2.33. The summed E-state index contributed by atoms with van der Waals surface area (Å²) in [5.74, 6) is 1.54. The third-order valence-electron chi connectivity index (χ3n) is 3.46. The molecular formula is C17H18N2O2. The van der Waals surface area contributed by atoms with Crippen molar-refractivity contribution in [2.75, 3.05) is 7.11 Å². The molecule has 0 fully saturated rings. The van der Waals surface area contributed by atoms with Gasteiger partial charge >= 0.3 is 0 Å². The third kappa shape index (κ3) is 2.38. The lowest BCUT2D eigenvalue weighted by Gasteiger charge is -2.23. The molecule has 0 bridgehead atoms. The van der Waals surface area contributed by atoms with E-state index in [2.05, 4.69) is 4.98 Å². The minimum Gasteiger partial charge on any atom is -0.497 e. The van der Waals surface area contributed by atoms with E-state index >= 15 is 0 Å². The van der Waals surface area contributed by atoms with E-state index in [4.69, 9.17) is 4.74 Å². The van der Waals surface area contributed by atoms with Crippen LogP contribution in [0.5, 0.6) is 5.75 Å². The largest absolute Gasteiger partial charge is 0.497 e. The zero-order chi connectivity index (χ0) is 15.0. The number of rotatable bonds is 3. The fraction of sp³-hybridized carbons (Fsp3) is 0.235. The smallest absolute Gasteiger partial charge is 0.143 e. The molecule has 0 aliphatic carbocycles. The van der Waals surface area contributed by atoms with Crippen LogP contribution in [-0.2, 0) is 5.72 Å². The zero-order valence-electron chi connectivity index (χ0n) is 12.4. The first-order valence-electron chi connectivity index (χ1n) is 6.85. The Balaban J connectivity index is 2.25. The van der Waals surface area contributed by atoms with E-state index in [-0.39, 0.29) is 0 Å². The molecule has 4 nitrogen and oxygen atoms in total. The Kier molecular flexibility index (Phi) is 3.18. The number of fused-ring (bicyclic) bond motifs is 1. The van der Waals surface area contributed by atoms with Crippen LogP contribution >= 0.6 is 0 Å². The van der Waals surface area contributed by atoms with Gasteiger partial charge in [-0.15, -0.1) is 0 Å². The van der Waals surface area contributed by atoms with E-state index in [0.717, 1.165) is 28.2 Å². The predicted molar refractivity (Wildman–Crippen MR) is 83.3 cm³/mol. The summed E-state index contributed by atoms with van der Waals surface area (Å²) in [6.07, 6.45) is 0. The van der Waals surface area contributed by atoms with Crippen LogP contribution in [0.15, 0.2) is 48.5 Å². The van der Waals surface area contributed by atoms with Gasteiger partial charge in [0.05, 0.1) is 18.1 Å². The highest BCUT2D eigenvalue weighted by Crippen LogP contribution is 2.30. The number of para-hydroxylation sites is 2. The highest BCUT2D eigenvalue weighted by molar-refractivity contribution is 5.81. The number of benzene rings is 2. The second kappa shape index (κ2) is 4.90. The van der Waals surface area contributed by atoms with Gasteiger partial charge in [-0.25, -0.2) is 4.98 Å². The van der Waals surface area contributed by atoms with E-state index in [1.165, 1.54) is 0 Å². The van der Waals surface area contributed by atoms with Gasteiger partial charge in [-0.1, -0.05) is 12.1 Å². The predicted octanol–water partition coefficient (Wildman–Crippen LogP) is 3.40. The van der Waals surface area contributed by atoms with Gasteiger partial charge < -0.3 is 9.84 Å². The van der Waals surface area contributed by atoms with Gasteiger partial charge in [0.25, 0.3) is 0 Å². The molecule has 2 aromatic carbocycles. The van der Waals surface area contributed by atoms with Gasteiger partial charge in [0.2, 0.25) is 0 Å². The molecule has 4 heteroatoms. The Morgan fingerprint density at radius 3 is 2.33 bits per heavy atom. The lowest BCUT2D eigenvalue weighted by Crippen LogP contribution is -2.26. The number of hydrogen-bond acceptors (Lipinski definition) is 3. The van der Waals surface area contributed by atoms with Gasteiger partial charge in [-0.05, 0) is 50.2 Å². The zero-order valence-corrected chi connectivity index (χ0v) is 12.4. The van der Waals surface area contributed by atoms with Crippen LogP contribution in [0.1, 0.15) is 13.8 Å². The first-order valence-corrected chi connectivity index (χ1v) is 6.85. The number of aromatic nitrogens is 2. The fourth-order valence-electron chi connectivity index (χ4n) is 2.51. The topological polar surface area (TPSA) is 47.3 Å². The normalized spacial score (nSPS) is 11.8. The molecule has 0 aliphatic rings. The Labute approximate surface area is 123 Å². The average Bonchev–Trinajstić information content (AvgIpc) is 2.86. The molecule has 0 atom stereocenters. The molecule has 108 valence electrons. The van der Waals surface area contributed by atoms with Crippen molar-refractivity contribution in [3.63, 3.8) is 0 Å². The van der Waals surface area contributed by atoms with Crippen LogP contribution in [-0.4, -0.2) is 21.8 Å². The minimum absolute atomic E-state index is 0.742. The maximum absolute atomic E-state index is 10.5. The van der Waals surface area contributed by atoms with Gasteiger partial charge in [0.15, 0.2) is 0 Å². The first kappa shape index (κ1) is 13.6. The molecule has 0 saturated heterocycles. The van der Waals surface area contributed by atoms with Crippen LogP contribution in [0.4, 0.5) is 0 Å². The van der Waals surface area contributed by atoms with E-state index in [0.29, 0.717) is 0 Å². The SMILES string of the molecule is COc1ccc(-c2nc3ccccc3n2C(C)(C)O)cc1. The third-order valence-corrected chi connectivity index (χ3v) is 3.46. The second-order valence-corrected chi connectivity index (χ2v) is 5.48. The van der Waals surface area contributed by atoms with Crippen LogP contribution in [0.25, 0.3) is 22.4 Å². The average molecular weight is 282 g/mol. The van der Waals surface area contributed by atoms with Crippen molar-refractivity contribution >= 4 is 11.0 Å². The quantitative estimate of drug-likeness (QED) is 0.801. The number of methoxy groups -OCH3 is 1. The summed E-state index contributed by atoms with van der Waals surface area (Å²) in [6, 6.07) is 15.5. The lowest BCUT2D eigenvalue weighted by molar-refractivity contribution is 0.00738. The second-order valence-electron chi connectivity index (χ2n) is 5.48. The summed E-state index contributed by atoms with van der Waals surface area (Å²) >= 11 is 0. The van der Waals surface area contributed by atoms with Crippen molar-refractivity contribution in [1.82, 2.24) is 9.55 Å². The van der Waals surface area contributed by atoms with E-state index < -0.39 is 5.72 Å². The van der Waals surface area contributed by atoms with Gasteiger partial charge in [-0.3, -0.25) is 4.57 Å². The summed E-state index contributed by atoms with van der Waals surface area (Å²) in [7, 11) is 1.64. The van der Waals surface area contributed by atoms with Crippen molar-refractivity contribution in [2.24, 2.45) is 0 Å². The summed E-state index contributed by atoms with van der Waals surface area (Å²) in [4.78, 5) is 4.67. The van der Waals surface area contributed by atoms with Crippen LogP contribution < -0.4 is 4.74 Å². The number of nitrogens with zero attached hydrogens (tertiary/aromatic N) is 2. The molecule has 0 aliphatic heterocycles. The van der Waals surface area contributed by atoms with Crippen LogP contribution in [0.3, 0.4) is 0 Å². The molecule has 0 saturated carbocycles. The van der Waals surface area contributed by atoms with Crippen molar-refractivity contribution in [3.8, 4) is 17.1 Å². The summed E-state index contributed by atoms with van der Waals surface area (Å²) in [6.45, 7) is 3.52. The summed E-state index contributed by atoms with van der Waals surface area (Å²) < 4.78 is 7.04. The van der Waals surface area contributed by atoms with Crippen molar-refractivity contribution in [2.45, 2.75) is 19.6 Å². The standard InChI is InChI=1S/C17H18N2O2/c1-17(2,20)19-15-7-5-4-6-14(15)18-16(19)12-8-10-13(21-3)11-9-12/h4-11,20H,1-3H3. The van der Waals surface area contributed by atoms with Crippen LogP contribution in [0, 0.1) is 0 Å². The Morgan fingerprint density at radius 1 is 1.05 bits per heavy atom. The highest BCUT2D eigenvalue weighted by Gasteiger charge is 2.23. The van der Waals surface area contributed by atoms with Gasteiger partial charge in [0.1, 0.15) is 17.3 Å². The molecular weight excluding hydrogens is 264 g/mol.